The van der Waals surface area contributed by atoms with Gasteiger partial charge >= 0.3 is 0 Å². The molecule has 4 nitrogen and oxygen atoms in total. The molecular formula is C17H20BrCl2N3OS. The monoisotopic (exact) mass is 463 g/mol. The third kappa shape index (κ3) is 5.86. The van der Waals surface area contributed by atoms with Gasteiger partial charge in [-0.2, -0.15) is 0 Å². The lowest BCUT2D eigenvalue weighted by Crippen LogP contribution is -2.30. The van der Waals surface area contributed by atoms with Gasteiger partial charge in [-0.05, 0) is 49.2 Å². The average molecular weight is 465 g/mol. The van der Waals surface area contributed by atoms with E-state index in [1.807, 2.05) is 41.3 Å². The van der Waals surface area contributed by atoms with Crippen LogP contribution in [0.3, 0.4) is 0 Å². The van der Waals surface area contributed by atoms with Crippen molar-refractivity contribution in [1.82, 2.24) is 9.88 Å². The van der Waals surface area contributed by atoms with E-state index >= 15 is 0 Å². The van der Waals surface area contributed by atoms with Crippen LogP contribution in [-0.4, -0.2) is 35.4 Å². The van der Waals surface area contributed by atoms with Gasteiger partial charge < -0.3 is 10.6 Å². The Kier molecular flexibility index (Phi) is 9.24. The molecule has 25 heavy (non-hydrogen) atoms. The molecule has 8 heteroatoms. The number of hydrogen-bond donors (Lipinski definition) is 1. The van der Waals surface area contributed by atoms with Crippen LogP contribution in [0.4, 0.5) is 0 Å². The number of carbonyl (C=O) groups excluding carboxylic acids is 1. The highest BCUT2D eigenvalue weighted by Gasteiger charge is 2.26. The molecule has 0 spiro atoms. The molecule has 0 radical (unpaired) electrons. The highest BCUT2D eigenvalue weighted by atomic mass is 79.9. The predicted molar refractivity (Wildman–Crippen MR) is 110 cm³/mol. The minimum Gasteiger partial charge on any atom is -0.337 e. The topological polar surface area (TPSA) is 59.2 Å². The number of benzene rings is 1. The van der Waals surface area contributed by atoms with Crippen molar-refractivity contribution in [2.24, 2.45) is 11.7 Å². The summed E-state index contributed by atoms with van der Waals surface area (Å²) < 4.78 is 1.03. The zero-order valence-electron chi connectivity index (χ0n) is 13.4. The van der Waals surface area contributed by atoms with Crippen LogP contribution >= 0.6 is 52.5 Å². The summed E-state index contributed by atoms with van der Waals surface area (Å²) in [6, 6.07) is 13.6. The Bertz CT molecular complexity index is 720. The fourth-order valence-corrected chi connectivity index (χ4v) is 4.03. The van der Waals surface area contributed by atoms with Crippen molar-refractivity contribution in [2.75, 3.05) is 19.6 Å². The molecule has 1 aromatic heterocycles. The zero-order valence-corrected chi connectivity index (χ0v) is 17.5. The highest BCUT2D eigenvalue weighted by Crippen LogP contribution is 2.28. The van der Waals surface area contributed by atoms with Crippen molar-refractivity contribution in [3.05, 3.63) is 52.6 Å². The quantitative estimate of drug-likeness (QED) is 0.734. The molecule has 2 N–H and O–H groups in total. The standard InChI is InChI=1S/C17H18BrN3OS.2ClH/c18-13-3-1-4-14(9-13)23-16-6-2-5-15(20-16)17(22)21-8-7-12(10-19)11-21;;/h1-6,9,12H,7-8,10-11,19H2;2*1H. The molecule has 1 saturated heterocycles. The minimum atomic E-state index is -0.00218. The van der Waals surface area contributed by atoms with Gasteiger partial charge in [0.2, 0.25) is 0 Å². The number of amides is 1. The smallest absolute Gasteiger partial charge is 0.272 e. The van der Waals surface area contributed by atoms with E-state index in [2.05, 4.69) is 20.9 Å². The second-order valence-corrected chi connectivity index (χ2v) is 7.57. The third-order valence-electron chi connectivity index (χ3n) is 3.87. The average Bonchev–Trinajstić information content (AvgIpc) is 3.03. The van der Waals surface area contributed by atoms with Gasteiger partial charge in [0.1, 0.15) is 10.7 Å². The molecule has 1 aliphatic heterocycles. The minimum absolute atomic E-state index is 0. The van der Waals surface area contributed by atoms with Crippen molar-refractivity contribution in [2.45, 2.75) is 16.3 Å². The van der Waals surface area contributed by atoms with Crippen LogP contribution in [0, 0.1) is 5.92 Å². The Hall–Kier alpha value is -0.790. The first-order valence-corrected chi connectivity index (χ1v) is 9.16. The van der Waals surface area contributed by atoms with Crippen molar-refractivity contribution >= 4 is 58.4 Å². The van der Waals surface area contributed by atoms with Crippen LogP contribution in [0.2, 0.25) is 0 Å². The maximum absolute atomic E-state index is 12.6. The van der Waals surface area contributed by atoms with E-state index in [1.165, 1.54) is 0 Å². The van der Waals surface area contributed by atoms with Crippen molar-refractivity contribution in [1.29, 1.82) is 0 Å². The first-order valence-electron chi connectivity index (χ1n) is 7.55. The molecule has 0 aliphatic carbocycles. The zero-order chi connectivity index (χ0) is 16.2. The van der Waals surface area contributed by atoms with E-state index in [9.17, 15) is 4.79 Å². The van der Waals surface area contributed by atoms with Crippen LogP contribution in [0.1, 0.15) is 16.9 Å². The molecule has 1 unspecified atom stereocenters. The lowest BCUT2D eigenvalue weighted by molar-refractivity contribution is 0.0781. The fraction of sp³-hybridized carbons (Fsp3) is 0.294. The van der Waals surface area contributed by atoms with E-state index in [0.29, 0.717) is 18.2 Å². The SMILES string of the molecule is Cl.Cl.NCC1CCN(C(=O)c2cccc(Sc3cccc(Br)c3)n2)C1. The number of carbonyl (C=O) groups is 1. The van der Waals surface area contributed by atoms with Gasteiger partial charge in [-0.1, -0.05) is 39.8 Å². The molecular weight excluding hydrogens is 445 g/mol. The van der Waals surface area contributed by atoms with Gasteiger partial charge in [-0.25, -0.2) is 4.98 Å². The predicted octanol–water partition coefficient (Wildman–Crippen LogP) is 4.26. The number of nitrogens with two attached hydrogens (primary N) is 1. The molecule has 0 saturated carbocycles. The summed E-state index contributed by atoms with van der Waals surface area (Å²) in [5.74, 6) is 0.413. The van der Waals surface area contributed by atoms with Crippen LogP contribution in [-0.2, 0) is 0 Å². The van der Waals surface area contributed by atoms with Crippen LogP contribution in [0.25, 0.3) is 0 Å². The number of pyridine rings is 1. The molecule has 1 fully saturated rings. The van der Waals surface area contributed by atoms with Crippen LogP contribution in [0.5, 0.6) is 0 Å². The number of aromatic nitrogens is 1. The van der Waals surface area contributed by atoms with Gasteiger partial charge in [-0.3, -0.25) is 4.79 Å². The van der Waals surface area contributed by atoms with Crippen molar-refractivity contribution < 1.29 is 4.79 Å². The van der Waals surface area contributed by atoms with E-state index in [0.717, 1.165) is 33.9 Å². The number of rotatable bonds is 4. The summed E-state index contributed by atoms with van der Waals surface area (Å²) in [6.45, 7) is 2.14. The highest BCUT2D eigenvalue weighted by molar-refractivity contribution is 9.10. The van der Waals surface area contributed by atoms with Crippen molar-refractivity contribution in [3.8, 4) is 0 Å². The Morgan fingerprint density at radius 3 is 2.72 bits per heavy atom. The first-order chi connectivity index (χ1) is 11.2. The third-order valence-corrected chi connectivity index (χ3v) is 5.29. The Labute approximate surface area is 172 Å². The lowest BCUT2D eigenvalue weighted by atomic mass is 10.1. The molecule has 1 amide bonds. The molecule has 1 aliphatic rings. The Balaban J connectivity index is 0.00000156. The van der Waals surface area contributed by atoms with Gasteiger partial charge in [0, 0.05) is 22.5 Å². The van der Waals surface area contributed by atoms with Crippen LogP contribution in [0.15, 0.2) is 56.9 Å². The second-order valence-electron chi connectivity index (χ2n) is 5.56. The number of hydrogen-bond acceptors (Lipinski definition) is 4. The van der Waals surface area contributed by atoms with Crippen LogP contribution < -0.4 is 5.73 Å². The summed E-state index contributed by atoms with van der Waals surface area (Å²) >= 11 is 5.01. The van der Waals surface area contributed by atoms with E-state index in [1.54, 1.807) is 17.8 Å². The first kappa shape index (κ1) is 22.3. The lowest BCUT2D eigenvalue weighted by Gasteiger charge is -2.16. The molecule has 3 rings (SSSR count). The van der Waals surface area contributed by atoms with E-state index < -0.39 is 0 Å². The summed E-state index contributed by atoms with van der Waals surface area (Å²) in [4.78, 5) is 20.0. The summed E-state index contributed by atoms with van der Waals surface area (Å²) in [5.41, 5.74) is 6.20. The summed E-state index contributed by atoms with van der Waals surface area (Å²) in [5, 5.41) is 0.823. The van der Waals surface area contributed by atoms with Crippen molar-refractivity contribution in [3.63, 3.8) is 0 Å². The number of likely N-dealkylation sites (tertiary alicyclic amines) is 1. The molecule has 2 aromatic rings. The van der Waals surface area contributed by atoms with E-state index in [-0.39, 0.29) is 30.7 Å². The van der Waals surface area contributed by atoms with E-state index in [4.69, 9.17) is 5.73 Å². The largest absolute Gasteiger partial charge is 0.337 e. The second kappa shape index (κ2) is 10.4. The maximum Gasteiger partial charge on any atom is 0.272 e. The summed E-state index contributed by atoms with van der Waals surface area (Å²) in [6.07, 6.45) is 0.981. The molecule has 1 aromatic carbocycles. The van der Waals surface area contributed by atoms with Gasteiger partial charge in [0.15, 0.2) is 0 Å². The normalized spacial score (nSPS) is 16.1. The number of halogens is 3. The molecule has 2 heterocycles. The molecule has 0 bridgehead atoms. The Morgan fingerprint density at radius 1 is 1.28 bits per heavy atom. The molecule has 136 valence electrons. The number of nitrogens with zero attached hydrogens (tertiary/aromatic N) is 2. The maximum atomic E-state index is 12.6. The summed E-state index contributed by atoms with van der Waals surface area (Å²) in [7, 11) is 0. The van der Waals surface area contributed by atoms with Gasteiger partial charge in [0.05, 0.1) is 0 Å². The fourth-order valence-electron chi connectivity index (χ4n) is 2.61. The van der Waals surface area contributed by atoms with Gasteiger partial charge in [-0.15, -0.1) is 24.8 Å². The molecule has 1 atom stereocenters. The Morgan fingerprint density at radius 2 is 2.04 bits per heavy atom. The van der Waals surface area contributed by atoms with Gasteiger partial charge in [0.25, 0.3) is 5.91 Å².